The van der Waals surface area contributed by atoms with Crippen molar-refractivity contribution >= 4 is 17.7 Å². The second kappa shape index (κ2) is 7.20. The summed E-state index contributed by atoms with van der Waals surface area (Å²) in [6.07, 6.45) is 2.08. The van der Waals surface area contributed by atoms with Crippen molar-refractivity contribution < 1.29 is 19.5 Å². The van der Waals surface area contributed by atoms with Gasteiger partial charge in [0.05, 0.1) is 5.92 Å². The maximum absolute atomic E-state index is 12.0. The highest BCUT2D eigenvalue weighted by molar-refractivity contribution is 5.98. The van der Waals surface area contributed by atoms with Gasteiger partial charge in [0.1, 0.15) is 0 Å². The molecule has 0 aliphatic heterocycles. The van der Waals surface area contributed by atoms with E-state index < -0.39 is 5.97 Å². The Morgan fingerprint density at radius 2 is 1.82 bits per heavy atom. The summed E-state index contributed by atoms with van der Waals surface area (Å²) in [6.45, 7) is 1.95. The quantitative estimate of drug-likeness (QED) is 0.790. The number of carboxylic acid groups (broad SMARTS) is 1. The Morgan fingerprint density at radius 3 is 2.41 bits per heavy atom. The molecule has 1 fully saturated rings. The van der Waals surface area contributed by atoms with E-state index in [1.165, 1.54) is 0 Å². The molecule has 22 heavy (non-hydrogen) atoms. The second-order valence-corrected chi connectivity index (χ2v) is 5.90. The van der Waals surface area contributed by atoms with Crippen molar-refractivity contribution in [1.29, 1.82) is 0 Å². The van der Waals surface area contributed by atoms with E-state index in [4.69, 9.17) is 5.11 Å². The maximum Gasteiger partial charge on any atom is 0.306 e. The van der Waals surface area contributed by atoms with Crippen LogP contribution >= 0.6 is 0 Å². The van der Waals surface area contributed by atoms with E-state index >= 15 is 0 Å². The summed E-state index contributed by atoms with van der Waals surface area (Å²) < 4.78 is 0. The van der Waals surface area contributed by atoms with Gasteiger partial charge in [0.2, 0.25) is 5.91 Å². The Hall–Kier alpha value is -2.17. The average Bonchev–Trinajstić information content (AvgIpc) is 2.94. The van der Waals surface area contributed by atoms with Crippen LogP contribution in [0.5, 0.6) is 0 Å². The van der Waals surface area contributed by atoms with Gasteiger partial charge in [-0.1, -0.05) is 29.8 Å². The number of aryl methyl sites for hydroxylation is 1. The number of ketones is 1. The highest BCUT2D eigenvalue weighted by Gasteiger charge is 2.30. The van der Waals surface area contributed by atoms with Gasteiger partial charge in [-0.2, -0.15) is 0 Å². The lowest BCUT2D eigenvalue weighted by Crippen LogP contribution is -2.33. The summed E-state index contributed by atoms with van der Waals surface area (Å²) in [5, 5.41) is 11.8. The third-order valence-corrected chi connectivity index (χ3v) is 4.10. The van der Waals surface area contributed by atoms with Crippen LogP contribution in [0.4, 0.5) is 0 Å². The van der Waals surface area contributed by atoms with Crippen LogP contribution in [0.1, 0.15) is 48.0 Å². The van der Waals surface area contributed by atoms with E-state index in [9.17, 15) is 14.4 Å². The van der Waals surface area contributed by atoms with Crippen molar-refractivity contribution in [2.45, 2.75) is 45.1 Å². The summed E-state index contributed by atoms with van der Waals surface area (Å²) in [7, 11) is 0. The van der Waals surface area contributed by atoms with Gasteiger partial charge in [-0.3, -0.25) is 14.4 Å². The van der Waals surface area contributed by atoms with Gasteiger partial charge < -0.3 is 10.4 Å². The van der Waals surface area contributed by atoms with Gasteiger partial charge in [0, 0.05) is 24.4 Å². The van der Waals surface area contributed by atoms with Gasteiger partial charge in [-0.05, 0) is 26.2 Å². The lowest BCUT2D eigenvalue weighted by Gasteiger charge is -2.12. The average molecular weight is 303 g/mol. The molecule has 1 amide bonds. The molecule has 0 saturated heterocycles. The molecule has 0 heterocycles. The van der Waals surface area contributed by atoms with E-state index in [1.54, 1.807) is 12.1 Å². The first kappa shape index (κ1) is 16.2. The normalized spacial score (nSPS) is 20.6. The minimum Gasteiger partial charge on any atom is -0.481 e. The molecule has 2 rings (SSSR count). The van der Waals surface area contributed by atoms with E-state index in [0.29, 0.717) is 24.8 Å². The van der Waals surface area contributed by atoms with Crippen molar-refractivity contribution in [2.75, 3.05) is 0 Å². The summed E-state index contributed by atoms with van der Waals surface area (Å²) >= 11 is 0. The Labute approximate surface area is 129 Å². The molecule has 1 saturated carbocycles. The zero-order chi connectivity index (χ0) is 16.1. The number of benzene rings is 1. The number of Topliss-reactive ketones (excluding diaryl/α,β-unsaturated/α-hetero) is 1. The first-order valence-corrected chi connectivity index (χ1v) is 7.57. The number of nitrogens with one attached hydrogen (secondary N) is 1. The Balaban J connectivity index is 1.75. The fourth-order valence-corrected chi connectivity index (χ4v) is 2.75. The van der Waals surface area contributed by atoms with E-state index in [1.807, 2.05) is 19.1 Å². The Bertz CT molecular complexity index is 565. The molecule has 1 aromatic carbocycles. The predicted octanol–water partition coefficient (Wildman–Crippen LogP) is 2.33. The van der Waals surface area contributed by atoms with Crippen LogP contribution in [-0.2, 0) is 9.59 Å². The topological polar surface area (TPSA) is 83.5 Å². The van der Waals surface area contributed by atoms with Crippen LogP contribution < -0.4 is 5.32 Å². The first-order chi connectivity index (χ1) is 10.5. The monoisotopic (exact) mass is 303 g/mol. The molecule has 0 bridgehead atoms. The smallest absolute Gasteiger partial charge is 0.306 e. The molecule has 0 unspecified atom stereocenters. The Kier molecular flexibility index (Phi) is 5.31. The van der Waals surface area contributed by atoms with Crippen LogP contribution in [0.25, 0.3) is 0 Å². The fourth-order valence-electron chi connectivity index (χ4n) is 2.75. The van der Waals surface area contributed by atoms with Crippen molar-refractivity contribution in [1.82, 2.24) is 5.32 Å². The van der Waals surface area contributed by atoms with E-state index in [0.717, 1.165) is 5.56 Å². The number of carboxylic acids is 1. The molecule has 118 valence electrons. The summed E-state index contributed by atoms with van der Waals surface area (Å²) in [4.78, 5) is 34.7. The van der Waals surface area contributed by atoms with Gasteiger partial charge in [0.25, 0.3) is 0 Å². The van der Waals surface area contributed by atoms with Gasteiger partial charge in [0.15, 0.2) is 5.78 Å². The molecule has 1 aliphatic rings. The minimum atomic E-state index is -0.800. The van der Waals surface area contributed by atoms with E-state index in [2.05, 4.69) is 5.32 Å². The molecule has 0 spiro atoms. The zero-order valence-electron chi connectivity index (χ0n) is 12.7. The van der Waals surface area contributed by atoms with Gasteiger partial charge >= 0.3 is 5.97 Å². The van der Waals surface area contributed by atoms with Crippen molar-refractivity contribution in [3.05, 3.63) is 35.4 Å². The molecule has 0 radical (unpaired) electrons. The van der Waals surface area contributed by atoms with Crippen LogP contribution in [0, 0.1) is 12.8 Å². The largest absolute Gasteiger partial charge is 0.481 e. The lowest BCUT2D eigenvalue weighted by atomic mass is 10.0. The minimum absolute atomic E-state index is 0.0509. The second-order valence-electron chi connectivity index (χ2n) is 5.90. The third-order valence-electron chi connectivity index (χ3n) is 4.10. The lowest BCUT2D eigenvalue weighted by molar-refractivity contribution is -0.141. The van der Waals surface area contributed by atoms with Gasteiger partial charge in [-0.25, -0.2) is 0 Å². The first-order valence-electron chi connectivity index (χ1n) is 7.57. The molecule has 5 nitrogen and oxygen atoms in total. The SMILES string of the molecule is Cc1ccc(C(=O)CCC(=O)N[C@@H]2CC[C@H](C(=O)O)C2)cc1. The molecule has 2 N–H and O–H groups in total. The molecule has 1 aliphatic carbocycles. The van der Waals surface area contributed by atoms with Gasteiger partial charge in [-0.15, -0.1) is 0 Å². The number of carbonyl (C=O) groups excluding carboxylic acids is 2. The van der Waals surface area contributed by atoms with Crippen LogP contribution in [-0.4, -0.2) is 28.8 Å². The number of hydrogen-bond acceptors (Lipinski definition) is 3. The Morgan fingerprint density at radius 1 is 1.14 bits per heavy atom. The molecule has 1 aromatic rings. The van der Waals surface area contributed by atoms with Crippen molar-refractivity contribution in [2.24, 2.45) is 5.92 Å². The number of aliphatic carboxylic acids is 1. The summed E-state index contributed by atoms with van der Waals surface area (Å²) in [6, 6.07) is 7.20. The zero-order valence-corrected chi connectivity index (χ0v) is 12.7. The van der Waals surface area contributed by atoms with Crippen LogP contribution in [0.15, 0.2) is 24.3 Å². The highest BCUT2D eigenvalue weighted by Crippen LogP contribution is 2.25. The van der Waals surface area contributed by atoms with E-state index in [-0.39, 0.29) is 36.5 Å². The standard InChI is InChI=1S/C17H21NO4/c1-11-2-4-12(5-3-11)15(19)8-9-16(20)18-14-7-6-13(10-14)17(21)22/h2-5,13-14H,6-10H2,1H3,(H,18,20)(H,21,22)/t13-,14+/m0/s1. The summed E-state index contributed by atoms with van der Waals surface area (Å²) in [5.41, 5.74) is 1.70. The highest BCUT2D eigenvalue weighted by atomic mass is 16.4. The predicted molar refractivity (Wildman–Crippen MR) is 81.7 cm³/mol. The molecule has 0 aromatic heterocycles. The fraction of sp³-hybridized carbons (Fsp3) is 0.471. The molecular formula is C17H21NO4. The third kappa shape index (κ3) is 4.41. The number of rotatable bonds is 6. The van der Waals surface area contributed by atoms with Crippen LogP contribution in [0.3, 0.4) is 0 Å². The van der Waals surface area contributed by atoms with Crippen molar-refractivity contribution in [3.8, 4) is 0 Å². The number of carbonyl (C=O) groups is 3. The number of amides is 1. The molecule has 2 atom stereocenters. The van der Waals surface area contributed by atoms with Crippen LogP contribution in [0.2, 0.25) is 0 Å². The molecular weight excluding hydrogens is 282 g/mol. The number of hydrogen-bond donors (Lipinski definition) is 2. The maximum atomic E-state index is 12.0. The molecule has 5 heteroatoms. The van der Waals surface area contributed by atoms with Crippen molar-refractivity contribution in [3.63, 3.8) is 0 Å². The summed E-state index contributed by atoms with van der Waals surface area (Å²) in [5.74, 6) is -1.40.